The Labute approximate surface area is 268 Å². The molecule has 254 valence electrons. The van der Waals surface area contributed by atoms with E-state index in [-0.39, 0.29) is 17.7 Å². The summed E-state index contributed by atoms with van der Waals surface area (Å²) in [6.07, 6.45) is -9.51. The third-order valence-electron chi connectivity index (χ3n) is 7.70. The van der Waals surface area contributed by atoms with Crippen molar-refractivity contribution < 1.29 is 71.5 Å². The minimum absolute atomic E-state index is 0.00236. The molecular formula is C31H35NO15. The largest absolute Gasteiger partial charge is 0.463 e. The average molecular weight is 662 g/mol. The van der Waals surface area contributed by atoms with Gasteiger partial charge in [0, 0.05) is 39.5 Å². The van der Waals surface area contributed by atoms with Crippen LogP contribution >= 0.6 is 0 Å². The van der Waals surface area contributed by atoms with Gasteiger partial charge in [-0.2, -0.15) is 0 Å². The van der Waals surface area contributed by atoms with Crippen LogP contribution in [0.15, 0.2) is 24.3 Å². The van der Waals surface area contributed by atoms with Gasteiger partial charge in [-0.1, -0.05) is 26.0 Å². The summed E-state index contributed by atoms with van der Waals surface area (Å²) >= 11 is 0. The van der Waals surface area contributed by atoms with Crippen molar-refractivity contribution in [2.45, 2.75) is 90.6 Å². The van der Waals surface area contributed by atoms with Crippen molar-refractivity contribution in [3.8, 4) is 0 Å². The number of benzene rings is 1. The standard InChI is InChI=1S/C31H35NO15/c1-14(33)41-12-22-24(44-16(3)35)25(45-17(4)36)23(43-15(2)34)21(46-22)11-20(29(39)47-26-30(40)42-13-31(26,5)6)32-27(37)18-9-7-8-10-19(18)28(32)38/h7-10,20-26H,11-13H2,1-6H3/t20-,21+,22+,23-,24+,25+,26-/m0/s1. The lowest BCUT2D eigenvalue weighted by Crippen LogP contribution is -2.63. The summed E-state index contributed by atoms with van der Waals surface area (Å²) in [5, 5.41) is 0. The van der Waals surface area contributed by atoms with E-state index in [1.807, 2.05) is 0 Å². The van der Waals surface area contributed by atoms with Crippen LogP contribution in [0.5, 0.6) is 0 Å². The van der Waals surface area contributed by atoms with E-state index in [0.717, 1.165) is 27.7 Å². The predicted octanol–water partition coefficient (Wildman–Crippen LogP) is 0.662. The first-order valence-electron chi connectivity index (χ1n) is 14.7. The van der Waals surface area contributed by atoms with Gasteiger partial charge in [0.15, 0.2) is 18.3 Å². The van der Waals surface area contributed by atoms with Gasteiger partial charge in [-0.25, -0.2) is 9.59 Å². The molecule has 0 N–H and O–H groups in total. The molecule has 7 atom stereocenters. The molecule has 0 radical (unpaired) electrons. The van der Waals surface area contributed by atoms with Gasteiger partial charge in [0.1, 0.15) is 31.5 Å². The molecule has 3 heterocycles. The summed E-state index contributed by atoms with van der Waals surface area (Å²) in [5.41, 5.74) is -0.969. The highest BCUT2D eigenvalue weighted by Gasteiger charge is 2.55. The zero-order chi connectivity index (χ0) is 34.8. The fraction of sp³-hybridized carbons (Fsp3) is 0.548. The number of carbonyl (C=O) groups is 8. The first-order chi connectivity index (χ1) is 22.0. The number of rotatable bonds is 10. The van der Waals surface area contributed by atoms with E-state index in [4.69, 9.17) is 33.2 Å². The molecule has 47 heavy (non-hydrogen) atoms. The minimum Gasteiger partial charge on any atom is -0.463 e. The number of ether oxygens (including phenoxy) is 7. The van der Waals surface area contributed by atoms with Crippen LogP contribution in [0.4, 0.5) is 0 Å². The summed E-state index contributed by atoms with van der Waals surface area (Å²) in [6, 6.07) is 4.04. The molecule has 16 heteroatoms. The lowest BCUT2D eigenvalue weighted by atomic mass is 9.89. The number of hydrogen-bond donors (Lipinski definition) is 0. The van der Waals surface area contributed by atoms with Gasteiger partial charge in [0.2, 0.25) is 6.10 Å². The molecule has 2 fully saturated rings. The van der Waals surface area contributed by atoms with Gasteiger partial charge in [0.25, 0.3) is 11.8 Å². The lowest BCUT2D eigenvalue weighted by molar-refractivity contribution is -0.254. The van der Waals surface area contributed by atoms with E-state index in [1.54, 1.807) is 13.8 Å². The molecule has 4 rings (SSSR count). The molecule has 2 saturated heterocycles. The number of imide groups is 1. The van der Waals surface area contributed by atoms with Crippen molar-refractivity contribution >= 4 is 47.6 Å². The second-order valence-corrected chi connectivity index (χ2v) is 11.9. The van der Waals surface area contributed by atoms with Gasteiger partial charge >= 0.3 is 35.8 Å². The van der Waals surface area contributed by atoms with E-state index < -0.39 is 109 Å². The van der Waals surface area contributed by atoms with Gasteiger partial charge in [-0.15, -0.1) is 0 Å². The van der Waals surface area contributed by atoms with Crippen molar-refractivity contribution in [1.29, 1.82) is 0 Å². The molecule has 0 aromatic heterocycles. The first-order valence-corrected chi connectivity index (χ1v) is 14.7. The molecule has 2 amide bonds. The third-order valence-corrected chi connectivity index (χ3v) is 7.70. The van der Waals surface area contributed by atoms with Crippen LogP contribution in [0, 0.1) is 5.41 Å². The fourth-order valence-electron chi connectivity index (χ4n) is 5.66. The zero-order valence-corrected chi connectivity index (χ0v) is 26.5. The number of fused-ring (bicyclic) bond motifs is 1. The Hall–Kier alpha value is -4.86. The summed E-state index contributed by atoms with van der Waals surface area (Å²) in [7, 11) is 0. The van der Waals surface area contributed by atoms with Crippen molar-refractivity contribution in [3.63, 3.8) is 0 Å². The van der Waals surface area contributed by atoms with Gasteiger partial charge in [-0.3, -0.25) is 33.7 Å². The number of nitrogens with zero attached hydrogens (tertiary/aromatic N) is 1. The van der Waals surface area contributed by atoms with E-state index in [9.17, 15) is 38.4 Å². The summed E-state index contributed by atoms with van der Waals surface area (Å²) in [4.78, 5) is 103. The maximum atomic E-state index is 14.0. The van der Waals surface area contributed by atoms with Crippen molar-refractivity contribution in [1.82, 2.24) is 4.90 Å². The Morgan fingerprint density at radius 2 is 1.30 bits per heavy atom. The first kappa shape index (κ1) is 35.0. The number of esters is 6. The highest BCUT2D eigenvalue weighted by Crippen LogP contribution is 2.36. The zero-order valence-electron chi connectivity index (χ0n) is 26.5. The van der Waals surface area contributed by atoms with Gasteiger partial charge in [-0.05, 0) is 12.1 Å². The minimum atomic E-state index is -1.80. The van der Waals surface area contributed by atoms with Crippen LogP contribution in [0.25, 0.3) is 0 Å². The lowest BCUT2D eigenvalue weighted by Gasteiger charge is -2.45. The number of cyclic esters (lactones) is 1. The van der Waals surface area contributed by atoms with Crippen LogP contribution in [0.1, 0.15) is 68.7 Å². The third kappa shape index (κ3) is 7.59. The van der Waals surface area contributed by atoms with E-state index in [0.29, 0.717) is 4.90 Å². The van der Waals surface area contributed by atoms with Gasteiger partial charge < -0.3 is 33.2 Å². The SMILES string of the molecule is CC(=O)OC[C@H]1O[C@H](C[C@@H](C(=O)O[C@H]2C(=O)OCC2(C)C)N2C(=O)c3ccccc3C2=O)[C@H](OC(C)=O)[C@@H](OC(C)=O)[C@@H]1OC(C)=O. The number of amides is 2. The van der Waals surface area contributed by atoms with Crippen LogP contribution < -0.4 is 0 Å². The molecule has 16 nitrogen and oxygen atoms in total. The monoisotopic (exact) mass is 661 g/mol. The van der Waals surface area contributed by atoms with Crippen molar-refractivity contribution in [3.05, 3.63) is 35.4 Å². The molecular weight excluding hydrogens is 626 g/mol. The molecule has 0 spiro atoms. The van der Waals surface area contributed by atoms with E-state index in [2.05, 4.69) is 0 Å². The van der Waals surface area contributed by atoms with Crippen LogP contribution in [0.3, 0.4) is 0 Å². The summed E-state index contributed by atoms with van der Waals surface area (Å²) in [5.74, 6) is -7.09. The molecule has 0 bridgehead atoms. The topological polar surface area (TPSA) is 204 Å². The van der Waals surface area contributed by atoms with E-state index in [1.165, 1.54) is 24.3 Å². The quantitative estimate of drug-likeness (QED) is 0.192. The van der Waals surface area contributed by atoms with Crippen molar-refractivity contribution in [2.24, 2.45) is 5.41 Å². The molecule has 1 aromatic carbocycles. The molecule has 0 aliphatic carbocycles. The van der Waals surface area contributed by atoms with E-state index >= 15 is 0 Å². The second-order valence-electron chi connectivity index (χ2n) is 11.9. The molecule has 0 saturated carbocycles. The normalized spacial score (nSPS) is 26.9. The van der Waals surface area contributed by atoms with Crippen LogP contribution in [-0.4, -0.2) is 108 Å². The highest BCUT2D eigenvalue weighted by molar-refractivity contribution is 6.22. The molecule has 0 unspecified atom stereocenters. The molecule has 1 aromatic rings. The average Bonchev–Trinajstić information content (AvgIpc) is 3.38. The summed E-state index contributed by atoms with van der Waals surface area (Å²) < 4.78 is 38.2. The highest BCUT2D eigenvalue weighted by atomic mass is 16.7. The Morgan fingerprint density at radius 1 is 0.787 bits per heavy atom. The Morgan fingerprint density at radius 3 is 1.77 bits per heavy atom. The maximum Gasteiger partial charge on any atom is 0.348 e. The van der Waals surface area contributed by atoms with Crippen LogP contribution in [0.2, 0.25) is 0 Å². The Balaban J connectivity index is 1.79. The fourth-order valence-corrected chi connectivity index (χ4v) is 5.66. The molecule has 3 aliphatic heterocycles. The smallest absolute Gasteiger partial charge is 0.348 e. The van der Waals surface area contributed by atoms with Crippen molar-refractivity contribution in [2.75, 3.05) is 13.2 Å². The maximum absolute atomic E-state index is 14.0. The number of hydrogen-bond acceptors (Lipinski definition) is 15. The Bertz CT molecular complexity index is 1450. The van der Waals surface area contributed by atoms with Crippen LogP contribution in [-0.2, 0) is 61.9 Å². The Kier molecular flexibility index (Phi) is 10.3. The second kappa shape index (κ2) is 13.9. The predicted molar refractivity (Wildman–Crippen MR) is 152 cm³/mol. The molecule has 3 aliphatic rings. The number of carbonyl (C=O) groups excluding carboxylic acids is 8. The van der Waals surface area contributed by atoms with Gasteiger partial charge in [0.05, 0.1) is 11.1 Å². The summed E-state index contributed by atoms with van der Waals surface area (Å²) in [6.45, 7) is 6.87.